The van der Waals surface area contributed by atoms with E-state index in [-0.39, 0.29) is 12.5 Å². The fraction of sp³-hybridized carbons (Fsp3) is 0.500. The molecule has 0 amide bonds. The van der Waals surface area contributed by atoms with Gasteiger partial charge in [0.15, 0.2) is 0 Å². The molecule has 4 heteroatoms. The molecule has 0 aromatic heterocycles. The zero-order valence-corrected chi connectivity index (χ0v) is 12.7. The number of carboxylic acids is 1. The van der Waals surface area contributed by atoms with Gasteiger partial charge in [0.25, 0.3) is 0 Å². The minimum atomic E-state index is -0.724. The van der Waals surface area contributed by atoms with Gasteiger partial charge in [-0.2, -0.15) is 0 Å². The Balaban J connectivity index is 2.83. The van der Waals surface area contributed by atoms with Crippen LogP contribution in [0.3, 0.4) is 0 Å². The standard InChI is InChI=1S/C14H20BrNO2/c1-10-7-8-11(15)9-12(10)13(16(2)3)5-4-6-14(17)18/h7-9,13H,4-6H2,1-3H3,(H,17,18). The second-order valence-electron chi connectivity index (χ2n) is 4.77. The summed E-state index contributed by atoms with van der Waals surface area (Å²) in [5.41, 5.74) is 2.51. The molecule has 0 aliphatic carbocycles. The first kappa shape index (κ1) is 15.2. The number of carboxylic acid groups (broad SMARTS) is 1. The number of carbonyl (C=O) groups is 1. The van der Waals surface area contributed by atoms with Gasteiger partial charge in [-0.15, -0.1) is 0 Å². The molecule has 1 aromatic carbocycles. The van der Waals surface area contributed by atoms with Crippen molar-refractivity contribution in [2.24, 2.45) is 0 Å². The predicted octanol–water partition coefficient (Wildman–Crippen LogP) is 3.62. The van der Waals surface area contributed by atoms with E-state index in [1.54, 1.807) is 0 Å². The molecule has 0 saturated carbocycles. The normalized spacial score (nSPS) is 12.7. The summed E-state index contributed by atoms with van der Waals surface area (Å²) in [5, 5.41) is 8.71. The van der Waals surface area contributed by atoms with E-state index in [2.05, 4.69) is 39.9 Å². The molecule has 1 N–H and O–H groups in total. The molecule has 0 radical (unpaired) electrons. The maximum atomic E-state index is 10.6. The highest BCUT2D eigenvalue weighted by atomic mass is 79.9. The van der Waals surface area contributed by atoms with Crippen molar-refractivity contribution in [3.8, 4) is 0 Å². The van der Waals surface area contributed by atoms with Crippen LogP contribution in [0.4, 0.5) is 0 Å². The van der Waals surface area contributed by atoms with Gasteiger partial charge in [0, 0.05) is 16.9 Å². The van der Waals surface area contributed by atoms with Crippen LogP contribution in [0.5, 0.6) is 0 Å². The molecule has 0 aliphatic heterocycles. The number of rotatable bonds is 6. The SMILES string of the molecule is Cc1ccc(Br)cc1C(CCCC(=O)O)N(C)C. The van der Waals surface area contributed by atoms with E-state index >= 15 is 0 Å². The van der Waals surface area contributed by atoms with Crippen LogP contribution in [-0.4, -0.2) is 30.1 Å². The van der Waals surface area contributed by atoms with Crippen LogP contribution in [0, 0.1) is 6.92 Å². The van der Waals surface area contributed by atoms with E-state index in [1.807, 2.05) is 20.2 Å². The first-order valence-corrected chi connectivity index (χ1v) is 6.85. The van der Waals surface area contributed by atoms with Crippen LogP contribution >= 0.6 is 15.9 Å². The van der Waals surface area contributed by atoms with Crippen molar-refractivity contribution in [2.45, 2.75) is 32.2 Å². The number of halogens is 1. The second kappa shape index (κ2) is 6.90. The smallest absolute Gasteiger partial charge is 0.303 e. The third-order valence-electron chi connectivity index (χ3n) is 3.09. The van der Waals surface area contributed by atoms with E-state index in [9.17, 15) is 4.79 Å². The molecular formula is C14H20BrNO2. The molecule has 3 nitrogen and oxygen atoms in total. The average molecular weight is 314 g/mol. The Labute approximate surface area is 117 Å². The molecule has 0 aliphatic rings. The first-order valence-electron chi connectivity index (χ1n) is 6.06. The number of hydrogen-bond acceptors (Lipinski definition) is 2. The molecule has 0 heterocycles. The van der Waals surface area contributed by atoms with Gasteiger partial charge in [-0.05, 0) is 57.1 Å². The third-order valence-corrected chi connectivity index (χ3v) is 3.59. The van der Waals surface area contributed by atoms with Gasteiger partial charge < -0.3 is 10.0 Å². The highest BCUT2D eigenvalue weighted by molar-refractivity contribution is 9.10. The summed E-state index contributed by atoms with van der Waals surface area (Å²) in [6.45, 7) is 2.09. The lowest BCUT2D eigenvalue weighted by atomic mass is 9.96. The summed E-state index contributed by atoms with van der Waals surface area (Å²) in [6.07, 6.45) is 1.79. The third kappa shape index (κ3) is 4.42. The van der Waals surface area contributed by atoms with Crippen LogP contribution in [0.25, 0.3) is 0 Å². The van der Waals surface area contributed by atoms with Crippen LogP contribution in [0.15, 0.2) is 22.7 Å². The van der Waals surface area contributed by atoms with E-state index in [0.717, 1.165) is 10.9 Å². The summed E-state index contributed by atoms with van der Waals surface area (Å²) >= 11 is 3.49. The minimum Gasteiger partial charge on any atom is -0.481 e. The molecule has 1 unspecified atom stereocenters. The van der Waals surface area contributed by atoms with E-state index in [0.29, 0.717) is 6.42 Å². The number of aryl methyl sites for hydroxylation is 1. The minimum absolute atomic E-state index is 0.234. The molecular weight excluding hydrogens is 294 g/mol. The summed E-state index contributed by atoms with van der Waals surface area (Å²) in [6, 6.07) is 6.51. The van der Waals surface area contributed by atoms with E-state index in [1.165, 1.54) is 11.1 Å². The van der Waals surface area contributed by atoms with Gasteiger partial charge in [-0.3, -0.25) is 4.79 Å². The molecule has 0 fully saturated rings. The van der Waals surface area contributed by atoms with E-state index in [4.69, 9.17) is 5.11 Å². The van der Waals surface area contributed by atoms with Crippen LogP contribution in [-0.2, 0) is 4.79 Å². The molecule has 18 heavy (non-hydrogen) atoms. The summed E-state index contributed by atoms with van der Waals surface area (Å²) < 4.78 is 1.06. The second-order valence-corrected chi connectivity index (χ2v) is 5.68. The van der Waals surface area contributed by atoms with Crippen LogP contribution in [0.2, 0.25) is 0 Å². The Hall–Kier alpha value is -0.870. The molecule has 1 aromatic rings. The van der Waals surface area contributed by atoms with Gasteiger partial charge >= 0.3 is 5.97 Å². The number of nitrogens with zero attached hydrogens (tertiary/aromatic N) is 1. The predicted molar refractivity (Wildman–Crippen MR) is 76.8 cm³/mol. The first-order chi connectivity index (χ1) is 8.41. The Kier molecular flexibility index (Phi) is 5.82. The maximum absolute atomic E-state index is 10.6. The van der Waals surface area contributed by atoms with Crippen LogP contribution in [0.1, 0.15) is 36.4 Å². The topological polar surface area (TPSA) is 40.5 Å². The monoisotopic (exact) mass is 313 g/mol. The average Bonchev–Trinajstić information content (AvgIpc) is 2.27. The quantitative estimate of drug-likeness (QED) is 0.872. The van der Waals surface area contributed by atoms with Crippen molar-refractivity contribution in [2.75, 3.05) is 14.1 Å². The van der Waals surface area contributed by atoms with Gasteiger partial charge in [-0.25, -0.2) is 0 Å². The highest BCUT2D eigenvalue weighted by Gasteiger charge is 2.16. The molecule has 0 bridgehead atoms. The van der Waals surface area contributed by atoms with Crippen molar-refractivity contribution in [1.82, 2.24) is 4.90 Å². The Morgan fingerprint density at radius 2 is 2.11 bits per heavy atom. The van der Waals surface area contributed by atoms with Crippen molar-refractivity contribution < 1.29 is 9.90 Å². The summed E-state index contributed by atoms with van der Waals surface area (Å²) in [4.78, 5) is 12.7. The molecule has 0 saturated heterocycles. The number of hydrogen-bond donors (Lipinski definition) is 1. The summed E-state index contributed by atoms with van der Waals surface area (Å²) in [7, 11) is 4.07. The fourth-order valence-electron chi connectivity index (χ4n) is 2.11. The van der Waals surface area contributed by atoms with Crippen molar-refractivity contribution in [1.29, 1.82) is 0 Å². The zero-order valence-electron chi connectivity index (χ0n) is 11.1. The van der Waals surface area contributed by atoms with Gasteiger partial charge in [-0.1, -0.05) is 22.0 Å². The van der Waals surface area contributed by atoms with Crippen LogP contribution < -0.4 is 0 Å². The molecule has 1 rings (SSSR count). The molecule has 1 atom stereocenters. The number of benzene rings is 1. The molecule has 100 valence electrons. The van der Waals surface area contributed by atoms with E-state index < -0.39 is 5.97 Å². The Morgan fingerprint density at radius 1 is 1.44 bits per heavy atom. The lowest BCUT2D eigenvalue weighted by Gasteiger charge is -2.26. The van der Waals surface area contributed by atoms with Gasteiger partial charge in [0.05, 0.1) is 0 Å². The lowest BCUT2D eigenvalue weighted by molar-refractivity contribution is -0.137. The highest BCUT2D eigenvalue weighted by Crippen LogP contribution is 2.29. The van der Waals surface area contributed by atoms with Gasteiger partial charge in [0.1, 0.15) is 0 Å². The van der Waals surface area contributed by atoms with Crippen molar-refractivity contribution in [3.05, 3.63) is 33.8 Å². The van der Waals surface area contributed by atoms with Crippen molar-refractivity contribution in [3.63, 3.8) is 0 Å². The largest absolute Gasteiger partial charge is 0.481 e. The fourth-order valence-corrected chi connectivity index (χ4v) is 2.49. The lowest BCUT2D eigenvalue weighted by Crippen LogP contribution is -2.21. The van der Waals surface area contributed by atoms with Gasteiger partial charge in [0.2, 0.25) is 0 Å². The zero-order chi connectivity index (χ0) is 13.7. The van der Waals surface area contributed by atoms with Crippen molar-refractivity contribution >= 4 is 21.9 Å². The Morgan fingerprint density at radius 3 is 2.67 bits per heavy atom. The Bertz CT molecular complexity index is 418. The summed E-state index contributed by atoms with van der Waals surface area (Å²) in [5.74, 6) is -0.724. The number of aliphatic carboxylic acids is 1. The maximum Gasteiger partial charge on any atom is 0.303 e. The molecule has 0 spiro atoms.